The Morgan fingerprint density at radius 3 is 2.94 bits per heavy atom. The van der Waals surface area contributed by atoms with Gasteiger partial charge in [0.05, 0.1) is 11.6 Å². The summed E-state index contributed by atoms with van der Waals surface area (Å²) < 4.78 is 1.77. The second-order valence-electron chi connectivity index (χ2n) is 4.93. The van der Waals surface area contributed by atoms with E-state index in [2.05, 4.69) is 27.3 Å². The van der Waals surface area contributed by atoms with Gasteiger partial charge in [-0.1, -0.05) is 6.92 Å². The molecule has 0 amide bonds. The molecule has 0 aromatic carbocycles. The maximum Gasteiger partial charge on any atom is 0.163 e. The summed E-state index contributed by atoms with van der Waals surface area (Å²) in [5.74, 6) is 0.905. The van der Waals surface area contributed by atoms with E-state index in [-0.39, 0.29) is 0 Å². The van der Waals surface area contributed by atoms with Crippen LogP contribution < -0.4 is 5.32 Å². The molecule has 3 rings (SSSR count). The van der Waals surface area contributed by atoms with Crippen molar-refractivity contribution in [1.82, 2.24) is 19.7 Å². The fourth-order valence-electron chi connectivity index (χ4n) is 2.21. The van der Waals surface area contributed by atoms with Crippen LogP contribution >= 0.6 is 0 Å². The lowest BCUT2D eigenvalue weighted by atomic mass is 10.0. The Balaban J connectivity index is 1.85. The van der Waals surface area contributed by atoms with E-state index in [0.29, 0.717) is 5.41 Å². The maximum absolute atomic E-state index is 4.31. The fraction of sp³-hybridized carbons (Fsp3) is 0.583. The lowest BCUT2D eigenvalue weighted by Gasteiger charge is -2.13. The zero-order valence-corrected chi connectivity index (χ0v) is 10.3. The van der Waals surface area contributed by atoms with Gasteiger partial charge in [-0.15, -0.1) is 0 Å². The Hall–Kier alpha value is -1.65. The van der Waals surface area contributed by atoms with Crippen molar-refractivity contribution in [3.05, 3.63) is 12.5 Å². The normalized spacial score (nSPS) is 17.3. The van der Waals surface area contributed by atoms with Crippen LogP contribution in [0.15, 0.2) is 12.5 Å². The van der Waals surface area contributed by atoms with E-state index >= 15 is 0 Å². The lowest BCUT2D eigenvalue weighted by molar-refractivity contribution is 0.521. The number of aryl methyl sites for hydroxylation is 1. The molecule has 17 heavy (non-hydrogen) atoms. The molecule has 0 radical (unpaired) electrons. The van der Waals surface area contributed by atoms with Crippen LogP contribution in [-0.2, 0) is 7.05 Å². The van der Waals surface area contributed by atoms with Gasteiger partial charge in [0.2, 0.25) is 0 Å². The summed E-state index contributed by atoms with van der Waals surface area (Å²) in [4.78, 5) is 8.54. The van der Waals surface area contributed by atoms with Gasteiger partial charge in [0, 0.05) is 13.6 Å². The molecule has 1 aliphatic carbocycles. The topological polar surface area (TPSA) is 55.6 Å². The van der Waals surface area contributed by atoms with Crippen LogP contribution in [0, 0.1) is 5.41 Å². The van der Waals surface area contributed by atoms with Gasteiger partial charge in [0.15, 0.2) is 5.65 Å². The molecular weight excluding hydrogens is 214 g/mol. The van der Waals surface area contributed by atoms with E-state index in [0.717, 1.165) is 23.4 Å². The Morgan fingerprint density at radius 2 is 2.24 bits per heavy atom. The van der Waals surface area contributed by atoms with Crippen molar-refractivity contribution in [3.63, 3.8) is 0 Å². The largest absolute Gasteiger partial charge is 0.369 e. The van der Waals surface area contributed by atoms with E-state index in [9.17, 15) is 0 Å². The molecule has 1 fully saturated rings. The average molecular weight is 231 g/mol. The average Bonchev–Trinajstić information content (AvgIpc) is 3.05. The number of anilines is 1. The van der Waals surface area contributed by atoms with Gasteiger partial charge in [-0.25, -0.2) is 9.97 Å². The van der Waals surface area contributed by atoms with E-state index in [1.807, 2.05) is 13.2 Å². The summed E-state index contributed by atoms with van der Waals surface area (Å²) in [6, 6.07) is 0. The van der Waals surface area contributed by atoms with Crippen LogP contribution in [0.4, 0.5) is 5.82 Å². The summed E-state index contributed by atoms with van der Waals surface area (Å²) >= 11 is 0. The third-order valence-corrected chi connectivity index (χ3v) is 3.87. The lowest BCUT2D eigenvalue weighted by Crippen LogP contribution is -2.15. The third-order valence-electron chi connectivity index (χ3n) is 3.87. The smallest absolute Gasteiger partial charge is 0.163 e. The Bertz CT molecular complexity index is 541. The predicted molar refractivity (Wildman–Crippen MR) is 66.8 cm³/mol. The first-order chi connectivity index (χ1) is 8.24. The molecule has 5 heteroatoms. The van der Waals surface area contributed by atoms with E-state index in [1.165, 1.54) is 19.3 Å². The number of hydrogen-bond donors (Lipinski definition) is 1. The predicted octanol–water partition coefficient (Wildman–Crippen LogP) is 1.97. The quantitative estimate of drug-likeness (QED) is 0.874. The van der Waals surface area contributed by atoms with Crippen molar-refractivity contribution < 1.29 is 0 Å². The van der Waals surface area contributed by atoms with Crippen molar-refractivity contribution in [2.24, 2.45) is 12.5 Å². The molecule has 1 saturated carbocycles. The molecule has 1 aliphatic rings. The fourth-order valence-corrected chi connectivity index (χ4v) is 2.21. The number of fused-ring (bicyclic) bond motifs is 1. The highest BCUT2D eigenvalue weighted by Gasteiger charge is 2.40. The molecule has 2 aromatic heterocycles. The molecule has 5 nitrogen and oxygen atoms in total. The number of nitrogens with zero attached hydrogens (tertiary/aromatic N) is 4. The number of hydrogen-bond acceptors (Lipinski definition) is 4. The molecule has 0 unspecified atom stereocenters. The molecule has 0 bridgehead atoms. The van der Waals surface area contributed by atoms with Gasteiger partial charge >= 0.3 is 0 Å². The van der Waals surface area contributed by atoms with Gasteiger partial charge in [-0.2, -0.15) is 5.10 Å². The highest BCUT2D eigenvalue weighted by Crippen LogP contribution is 2.48. The van der Waals surface area contributed by atoms with E-state index in [1.54, 1.807) is 11.0 Å². The minimum Gasteiger partial charge on any atom is -0.369 e. The minimum atomic E-state index is 0.513. The summed E-state index contributed by atoms with van der Waals surface area (Å²) in [6.07, 6.45) is 7.32. The summed E-state index contributed by atoms with van der Waals surface area (Å²) in [7, 11) is 1.90. The zero-order chi connectivity index (χ0) is 11.9. The van der Waals surface area contributed by atoms with Crippen LogP contribution in [-0.4, -0.2) is 26.3 Å². The number of rotatable bonds is 4. The molecule has 2 aromatic rings. The highest BCUT2D eigenvalue weighted by atomic mass is 15.3. The van der Waals surface area contributed by atoms with Gasteiger partial charge in [-0.05, 0) is 24.7 Å². The van der Waals surface area contributed by atoms with E-state index < -0.39 is 0 Å². The van der Waals surface area contributed by atoms with Crippen molar-refractivity contribution in [3.8, 4) is 0 Å². The van der Waals surface area contributed by atoms with Crippen LogP contribution in [0.1, 0.15) is 26.2 Å². The molecule has 90 valence electrons. The second-order valence-corrected chi connectivity index (χ2v) is 4.93. The maximum atomic E-state index is 4.31. The first-order valence-corrected chi connectivity index (χ1v) is 6.11. The molecular formula is C12H17N5. The number of aromatic nitrogens is 4. The van der Waals surface area contributed by atoms with Gasteiger partial charge in [0.1, 0.15) is 12.1 Å². The van der Waals surface area contributed by atoms with Gasteiger partial charge < -0.3 is 5.32 Å². The molecule has 0 spiro atoms. The van der Waals surface area contributed by atoms with Crippen molar-refractivity contribution in [1.29, 1.82) is 0 Å². The zero-order valence-electron chi connectivity index (χ0n) is 10.3. The summed E-state index contributed by atoms with van der Waals surface area (Å²) in [5.41, 5.74) is 1.39. The summed E-state index contributed by atoms with van der Waals surface area (Å²) in [5, 5.41) is 8.66. The third kappa shape index (κ3) is 1.75. The standard InChI is InChI=1S/C12H17N5/c1-3-12(4-5-12)7-13-10-9-6-16-17(2)11(9)15-8-14-10/h6,8H,3-5,7H2,1-2H3,(H,13,14,15). The molecule has 0 aliphatic heterocycles. The van der Waals surface area contributed by atoms with Crippen LogP contribution in [0.3, 0.4) is 0 Å². The van der Waals surface area contributed by atoms with E-state index in [4.69, 9.17) is 0 Å². The van der Waals surface area contributed by atoms with Crippen LogP contribution in [0.5, 0.6) is 0 Å². The second kappa shape index (κ2) is 3.68. The Morgan fingerprint density at radius 1 is 1.41 bits per heavy atom. The Labute approximate surface area is 100 Å². The van der Waals surface area contributed by atoms with Crippen LogP contribution in [0.2, 0.25) is 0 Å². The molecule has 0 atom stereocenters. The monoisotopic (exact) mass is 231 g/mol. The minimum absolute atomic E-state index is 0.513. The molecule has 0 saturated heterocycles. The Kier molecular flexibility index (Phi) is 2.28. The van der Waals surface area contributed by atoms with Crippen molar-refractivity contribution in [2.45, 2.75) is 26.2 Å². The van der Waals surface area contributed by atoms with Gasteiger partial charge in [0.25, 0.3) is 0 Å². The van der Waals surface area contributed by atoms with Crippen molar-refractivity contribution >= 4 is 16.9 Å². The SMILES string of the molecule is CCC1(CNc2ncnc3c2cnn3C)CC1. The highest BCUT2D eigenvalue weighted by molar-refractivity contribution is 5.85. The first kappa shape index (κ1) is 10.5. The first-order valence-electron chi connectivity index (χ1n) is 6.11. The molecule has 2 heterocycles. The summed E-state index contributed by atoms with van der Waals surface area (Å²) in [6.45, 7) is 3.26. The van der Waals surface area contributed by atoms with Gasteiger partial charge in [-0.3, -0.25) is 4.68 Å². The van der Waals surface area contributed by atoms with Crippen molar-refractivity contribution in [2.75, 3.05) is 11.9 Å². The molecule has 1 N–H and O–H groups in total. The van der Waals surface area contributed by atoms with Crippen LogP contribution in [0.25, 0.3) is 11.0 Å². The number of nitrogens with one attached hydrogen (secondary N) is 1.